The first-order chi connectivity index (χ1) is 18.3. The average molecular weight is 521 g/mol. The molecule has 1 saturated heterocycles. The number of furan rings is 1. The Morgan fingerprint density at radius 3 is 2.68 bits per heavy atom. The van der Waals surface area contributed by atoms with E-state index in [0.717, 1.165) is 36.6 Å². The summed E-state index contributed by atoms with van der Waals surface area (Å²) in [6.07, 6.45) is 11.6. The summed E-state index contributed by atoms with van der Waals surface area (Å²) in [6, 6.07) is 9.27. The number of nitrogens with zero attached hydrogens (tertiary/aromatic N) is 1. The van der Waals surface area contributed by atoms with E-state index < -0.39 is 11.0 Å². The molecule has 1 aromatic carbocycles. The molecule has 1 N–H and O–H groups in total. The van der Waals surface area contributed by atoms with E-state index in [0.29, 0.717) is 31.6 Å². The van der Waals surface area contributed by atoms with Crippen LogP contribution < -0.4 is 10.1 Å². The van der Waals surface area contributed by atoms with Crippen LogP contribution in [0, 0.1) is 5.92 Å². The first-order valence-electron chi connectivity index (χ1n) is 13.5. The number of hydrogen-bond acceptors (Lipinski definition) is 7. The van der Waals surface area contributed by atoms with E-state index in [1.807, 2.05) is 18.2 Å². The standard InChI is InChI=1S/C30H36N2O6/c1-21(33)37-27-5-3-4-25(16-27)29-13-14-32(18-23-6-7-23)20-30(29,38-22(2)34)12-10-26(17-29)31-28(35)9-8-24-11-15-36-19-24/h3-5,8-9,11,15-16,19,23,26H,6-7,10,12-14,17-18,20H2,1-2H3,(H,31,35)/t26-,29-,30-/m0/s1. The lowest BCUT2D eigenvalue weighted by Crippen LogP contribution is -2.68. The van der Waals surface area contributed by atoms with E-state index >= 15 is 0 Å². The number of amides is 1. The van der Waals surface area contributed by atoms with E-state index in [2.05, 4.69) is 10.2 Å². The van der Waals surface area contributed by atoms with Gasteiger partial charge in [-0.3, -0.25) is 19.3 Å². The van der Waals surface area contributed by atoms with Gasteiger partial charge in [-0.2, -0.15) is 0 Å². The molecule has 5 rings (SSSR count). The normalized spacial score (nSPS) is 27.5. The molecule has 2 aliphatic carbocycles. The van der Waals surface area contributed by atoms with Crippen LogP contribution in [-0.2, 0) is 24.5 Å². The van der Waals surface area contributed by atoms with Crippen LogP contribution in [0.4, 0.5) is 0 Å². The highest BCUT2D eigenvalue weighted by Gasteiger charge is 2.61. The molecule has 0 unspecified atom stereocenters. The lowest BCUT2D eigenvalue weighted by Gasteiger charge is -2.59. The molecular weight excluding hydrogens is 484 g/mol. The minimum absolute atomic E-state index is 0.104. The van der Waals surface area contributed by atoms with Gasteiger partial charge in [-0.05, 0) is 80.8 Å². The molecule has 1 aromatic heterocycles. The van der Waals surface area contributed by atoms with Gasteiger partial charge in [0.1, 0.15) is 11.4 Å². The zero-order valence-corrected chi connectivity index (χ0v) is 22.1. The molecule has 3 aliphatic rings. The highest BCUT2D eigenvalue weighted by Crippen LogP contribution is 2.54. The molecule has 0 radical (unpaired) electrons. The number of carbonyl (C=O) groups excluding carboxylic acids is 3. The van der Waals surface area contributed by atoms with Crippen molar-refractivity contribution >= 4 is 23.9 Å². The third kappa shape index (κ3) is 5.70. The highest BCUT2D eigenvalue weighted by molar-refractivity contribution is 5.91. The van der Waals surface area contributed by atoms with Crippen LogP contribution in [0.5, 0.6) is 5.75 Å². The zero-order valence-electron chi connectivity index (χ0n) is 22.1. The molecule has 2 heterocycles. The van der Waals surface area contributed by atoms with Gasteiger partial charge in [0.05, 0.1) is 12.5 Å². The first-order valence-corrected chi connectivity index (χ1v) is 13.5. The number of rotatable bonds is 8. The van der Waals surface area contributed by atoms with E-state index in [9.17, 15) is 14.4 Å². The Balaban J connectivity index is 1.47. The van der Waals surface area contributed by atoms with E-state index in [-0.39, 0.29) is 23.9 Å². The van der Waals surface area contributed by atoms with Crippen LogP contribution >= 0.6 is 0 Å². The van der Waals surface area contributed by atoms with Gasteiger partial charge < -0.3 is 19.2 Å². The Labute approximate surface area is 223 Å². The van der Waals surface area contributed by atoms with Crippen molar-refractivity contribution in [3.8, 4) is 5.75 Å². The number of nitrogens with one attached hydrogen (secondary N) is 1. The molecule has 3 atom stereocenters. The molecule has 2 saturated carbocycles. The quantitative estimate of drug-likeness (QED) is 0.316. The smallest absolute Gasteiger partial charge is 0.308 e. The summed E-state index contributed by atoms with van der Waals surface area (Å²) < 4.78 is 16.8. The van der Waals surface area contributed by atoms with Crippen LogP contribution in [0.2, 0.25) is 0 Å². The summed E-state index contributed by atoms with van der Waals surface area (Å²) >= 11 is 0. The molecule has 0 bridgehead atoms. The number of ether oxygens (including phenoxy) is 2. The lowest BCUT2D eigenvalue weighted by molar-refractivity contribution is -0.187. The zero-order chi connectivity index (χ0) is 26.8. The summed E-state index contributed by atoms with van der Waals surface area (Å²) in [6.45, 7) is 5.41. The maximum atomic E-state index is 12.8. The molecule has 1 aliphatic heterocycles. The van der Waals surface area contributed by atoms with Gasteiger partial charge in [0.15, 0.2) is 0 Å². The molecule has 2 aromatic rings. The molecular formula is C30H36N2O6. The summed E-state index contributed by atoms with van der Waals surface area (Å²) in [5.41, 5.74) is 0.504. The first kappa shape index (κ1) is 26.2. The summed E-state index contributed by atoms with van der Waals surface area (Å²) in [5, 5.41) is 3.18. The van der Waals surface area contributed by atoms with Gasteiger partial charge in [0.2, 0.25) is 5.91 Å². The van der Waals surface area contributed by atoms with Gasteiger partial charge >= 0.3 is 11.9 Å². The Morgan fingerprint density at radius 1 is 1.13 bits per heavy atom. The third-order valence-corrected chi connectivity index (χ3v) is 8.21. The monoisotopic (exact) mass is 520 g/mol. The Bertz CT molecular complexity index is 1200. The third-order valence-electron chi connectivity index (χ3n) is 8.21. The number of hydrogen-bond donors (Lipinski definition) is 1. The van der Waals surface area contributed by atoms with Crippen molar-refractivity contribution in [1.29, 1.82) is 0 Å². The van der Waals surface area contributed by atoms with Crippen LogP contribution in [0.3, 0.4) is 0 Å². The van der Waals surface area contributed by atoms with Crippen molar-refractivity contribution in [2.24, 2.45) is 5.92 Å². The summed E-state index contributed by atoms with van der Waals surface area (Å²) in [4.78, 5) is 39.5. The minimum Gasteiger partial charge on any atom is -0.472 e. The fourth-order valence-electron chi connectivity index (χ4n) is 6.45. The van der Waals surface area contributed by atoms with Crippen LogP contribution in [-0.4, -0.2) is 54.0 Å². The number of fused-ring (bicyclic) bond motifs is 1. The Morgan fingerprint density at radius 2 is 1.97 bits per heavy atom. The van der Waals surface area contributed by atoms with Crippen molar-refractivity contribution in [3.05, 3.63) is 60.1 Å². The number of likely N-dealkylation sites (tertiary alicyclic amines) is 1. The second-order valence-electron chi connectivity index (χ2n) is 11.1. The van der Waals surface area contributed by atoms with Gasteiger partial charge in [0.25, 0.3) is 0 Å². The van der Waals surface area contributed by atoms with E-state index in [4.69, 9.17) is 13.9 Å². The fraction of sp³-hybridized carbons (Fsp3) is 0.500. The maximum Gasteiger partial charge on any atom is 0.308 e. The van der Waals surface area contributed by atoms with Crippen molar-refractivity contribution in [3.63, 3.8) is 0 Å². The second-order valence-corrected chi connectivity index (χ2v) is 11.1. The molecule has 202 valence electrons. The van der Waals surface area contributed by atoms with Crippen molar-refractivity contribution < 1.29 is 28.3 Å². The number of esters is 2. The number of benzene rings is 1. The largest absolute Gasteiger partial charge is 0.472 e. The maximum absolute atomic E-state index is 12.8. The molecule has 8 heteroatoms. The topological polar surface area (TPSA) is 98.1 Å². The Kier molecular flexibility index (Phi) is 7.43. The lowest BCUT2D eigenvalue weighted by atomic mass is 9.55. The predicted molar refractivity (Wildman–Crippen MR) is 141 cm³/mol. The van der Waals surface area contributed by atoms with E-state index in [1.165, 1.54) is 32.8 Å². The second kappa shape index (κ2) is 10.8. The predicted octanol–water partition coefficient (Wildman–Crippen LogP) is 4.24. The van der Waals surface area contributed by atoms with Crippen molar-refractivity contribution in [2.45, 2.75) is 69.4 Å². The van der Waals surface area contributed by atoms with Crippen molar-refractivity contribution in [1.82, 2.24) is 10.2 Å². The summed E-state index contributed by atoms with van der Waals surface area (Å²) in [5.74, 6) is 0.330. The van der Waals surface area contributed by atoms with Gasteiger partial charge in [-0.15, -0.1) is 0 Å². The van der Waals surface area contributed by atoms with Gasteiger partial charge in [-0.1, -0.05) is 12.1 Å². The minimum atomic E-state index is -0.741. The molecule has 0 spiro atoms. The average Bonchev–Trinajstić information content (AvgIpc) is 3.52. The SMILES string of the molecule is CC(=O)Oc1cccc([C@@]23CCN(CC4CC4)C[C@@]2(OC(C)=O)CC[C@H](NC(=O)C=Cc2ccoc2)C3)c1. The van der Waals surface area contributed by atoms with Gasteiger partial charge in [0, 0.05) is 50.0 Å². The molecule has 8 nitrogen and oxygen atoms in total. The number of carbonyl (C=O) groups is 3. The fourth-order valence-corrected chi connectivity index (χ4v) is 6.45. The summed E-state index contributed by atoms with van der Waals surface area (Å²) in [7, 11) is 0. The number of piperidine rings is 1. The van der Waals surface area contributed by atoms with Gasteiger partial charge in [-0.25, -0.2) is 0 Å². The van der Waals surface area contributed by atoms with Crippen LogP contribution in [0.1, 0.15) is 63.5 Å². The van der Waals surface area contributed by atoms with E-state index in [1.54, 1.807) is 30.7 Å². The Hall–Kier alpha value is -3.39. The van der Waals surface area contributed by atoms with Crippen molar-refractivity contribution in [2.75, 3.05) is 19.6 Å². The molecule has 3 fully saturated rings. The van der Waals surface area contributed by atoms with Crippen LogP contribution in [0.25, 0.3) is 6.08 Å². The highest BCUT2D eigenvalue weighted by atomic mass is 16.6. The molecule has 1 amide bonds. The van der Waals surface area contributed by atoms with Crippen LogP contribution in [0.15, 0.2) is 53.4 Å². The molecule has 38 heavy (non-hydrogen) atoms.